The van der Waals surface area contributed by atoms with Gasteiger partial charge >= 0.3 is 0 Å². The molecule has 3 fully saturated rings. The van der Waals surface area contributed by atoms with Crippen LogP contribution in [0.15, 0.2) is 60.7 Å². The molecule has 0 saturated heterocycles. The van der Waals surface area contributed by atoms with Gasteiger partial charge in [-0.05, 0) is 60.5 Å². The van der Waals surface area contributed by atoms with Crippen LogP contribution < -0.4 is 0 Å². The van der Waals surface area contributed by atoms with Crippen LogP contribution in [0.5, 0.6) is 0 Å². The molecule has 0 N–H and O–H groups in total. The predicted molar refractivity (Wildman–Crippen MR) is 380 cm³/mol. The number of aryl methyl sites for hydroxylation is 2. The molecule has 0 amide bonds. The molecule has 0 aliphatic heterocycles. The van der Waals surface area contributed by atoms with Gasteiger partial charge in [-0.25, -0.2) is 0 Å². The van der Waals surface area contributed by atoms with Gasteiger partial charge in [-0.15, -0.1) is 0 Å². The Labute approximate surface area is 496 Å². The van der Waals surface area contributed by atoms with Gasteiger partial charge in [-0.2, -0.15) is 0 Å². The first-order chi connectivity index (χ1) is 37.3. The monoisotopic (exact) mass is 1080 g/mol. The van der Waals surface area contributed by atoms with Gasteiger partial charge in [-0.3, -0.25) is 0 Å². The number of hydrogen-bond donors (Lipinski definition) is 0. The van der Waals surface area contributed by atoms with Crippen LogP contribution in [-0.4, -0.2) is 0 Å². The third kappa shape index (κ3) is 125. The minimum absolute atomic E-state index is 0.917. The molecule has 6 rings (SSSR count). The first kappa shape index (κ1) is 114. The van der Waals surface area contributed by atoms with Crippen LogP contribution in [0.3, 0.4) is 0 Å². The zero-order valence-corrected chi connectivity index (χ0v) is 62.1. The lowest BCUT2D eigenvalue weighted by molar-refractivity contribution is 0.171. The summed E-state index contributed by atoms with van der Waals surface area (Å²) < 4.78 is 0. The molecule has 0 nitrogen and oxygen atoms in total. The molecule has 0 heterocycles. The molecular weight excluding hydrogens is 913 g/mol. The van der Waals surface area contributed by atoms with Gasteiger partial charge in [0.2, 0.25) is 0 Å². The van der Waals surface area contributed by atoms with E-state index >= 15 is 0 Å². The van der Waals surface area contributed by atoms with E-state index in [1.807, 2.05) is 203 Å². The number of fused-ring (bicyclic) bond motifs is 2. The second kappa shape index (κ2) is 151. The molecule has 474 valence electrons. The third-order valence-electron chi connectivity index (χ3n) is 10.2. The van der Waals surface area contributed by atoms with Crippen LogP contribution in [-0.2, 0) is 12.8 Å². The van der Waals surface area contributed by atoms with Gasteiger partial charge in [0, 0.05) is 0 Å². The van der Waals surface area contributed by atoms with E-state index in [0.717, 1.165) is 23.7 Å². The fraction of sp³-hybridized carbons (Fsp3) is 0.842. The summed E-state index contributed by atoms with van der Waals surface area (Å²) in [5.74, 6) is 4.14. The van der Waals surface area contributed by atoms with E-state index in [1.54, 1.807) is 36.8 Å². The summed E-state index contributed by atoms with van der Waals surface area (Å²) in [4.78, 5) is 0. The summed E-state index contributed by atoms with van der Waals surface area (Å²) in [6.45, 7) is 74.2. The maximum absolute atomic E-state index is 2.33. The van der Waals surface area contributed by atoms with Crippen molar-refractivity contribution in [1.29, 1.82) is 0 Å². The Morgan fingerprint density at radius 3 is 0.566 bits per heavy atom. The molecule has 0 radical (unpaired) electrons. The molecule has 0 bridgehead atoms. The molecule has 0 heteroatoms. The van der Waals surface area contributed by atoms with Gasteiger partial charge in [0.1, 0.15) is 0 Å². The molecule has 2 atom stereocenters. The minimum Gasteiger partial charge on any atom is -0.0683 e. The average molecular weight is 1080 g/mol. The van der Waals surface area contributed by atoms with Gasteiger partial charge in [-0.1, -0.05) is 438 Å². The van der Waals surface area contributed by atoms with Crippen molar-refractivity contribution >= 4 is 0 Å². The van der Waals surface area contributed by atoms with Crippen molar-refractivity contribution in [3.05, 3.63) is 71.8 Å². The lowest BCUT2D eigenvalue weighted by atomic mass is 9.71. The lowest BCUT2D eigenvalue weighted by Gasteiger charge is -2.35. The highest BCUT2D eigenvalue weighted by atomic mass is 14.3. The number of rotatable bonds is 3. The molecule has 4 aliphatic carbocycles. The first-order valence-corrected chi connectivity index (χ1v) is 35.4. The van der Waals surface area contributed by atoms with E-state index in [-0.39, 0.29) is 0 Å². The lowest BCUT2D eigenvalue weighted by Crippen LogP contribution is -2.22. The molecule has 2 aromatic carbocycles. The highest BCUT2D eigenvalue weighted by Crippen LogP contribution is 2.40. The van der Waals surface area contributed by atoms with Crippen molar-refractivity contribution in [1.82, 2.24) is 0 Å². The SMILES string of the molecule is C1CCC2CCCCC2C1.C1CCCCC1.CC.CC.CC.CC.CC.CC.CC.CC.CC.CC.CC.CC.CCC.CCC.CCC.CCC.CCC(C)C(C)CC.c1ccc2c(c1)CCCC2.c1ccccc1. The van der Waals surface area contributed by atoms with Gasteiger partial charge in [0.05, 0.1) is 0 Å². The molecule has 2 unspecified atom stereocenters. The van der Waals surface area contributed by atoms with Crippen molar-refractivity contribution in [2.75, 3.05) is 0 Å². The zero-order valence-electron chi connectivity index (χ0n) is 62.1. The normalized spacial score (nSPS) is 13.8. The molecule has 4 aliphatic rings. The first-order valence-electron chi connectivity index (χ1n) is 35.4. The average Bonchev–Trinajstić information content (AvgIpc) is 3.55. The number of hydrogen-bond acceptors (Lipinski definition) is 0. The maximum atomic E-state index is 2.33. The van der Waals surface area contributed by atoms with Crippen LogP contribution in [0.25, 0.3) is 0 Å². The van der Waals surface area contributed by atoms with Crippen molar-refractivity contribution in [3.63, 3.8) is 0 Å². The molecule has 0 spiro atoms. The smallest absolute Gasteiger partial charge is 0.0276 e. The molecular formula is C76H170. The molecule has 2 aromatic rings. The quantitative estimate of drug-likeness (QED) is 0.287. The Morgan fingerprint density at radius 2 is 0.421 bits per heavy atom. The summed E-state index contributed by atoms with van der Waals surface area (Å²) in [6.07, 6.45) is 34.4. The van der Waals surface area contributed by atoms with Gasteiger partial charge in [0.25, 0.3) is 0 Å². The van der Waals surface area contributed by atoms with Gasteiger partial charge in [0.15, 0.2) is 0 Å². The largest absolute Gasteiger partial charge is 0.0683 e. The van der Waals surface area contributed by atoms with E-state index in [0.29, 0.717) is 0 Å². The Balaban J connectivity index is -0.0000000413. The van der Waals surface area contributed by atoms with Crippen LogP contribution in [0.4, 0.5) is 0 Å². The van der Waals surface area contributed by atoms with E-state index in [1.165, 1.54) is 128 Å². The van der Waals surface area contributed by atoms with Crippen LogP contribution >= 0.6 is 0 Å². The van der Waals surface area contributed by atoms with Crippen molar-refractivity contribution in [2.24, 2.45) is 23.7 Å². The van der Waals surface area contributed by atoms with Crippen molar-refractivity contribution in [2.45, 2.75) is 403 Å². The fourth-order valence-electron chi connectivity index (χ4n) is 6.78. The Bertz CT molecular complexity index is 759. The highest BCUT2D eigenvalue weighted by Gasteiger charge is 2.26. The Kier molecular flexibility index (Phi) is 226. The second-order valence-corrected chi connectivity index (χ2v) is 15.9. The third-order valence-corrected chi connectivity index (χ3v) is 10.2. The van der Waals surface area contributed by atoms with Crippen LogP contribution in [0, 0.1) is 23.7 Å². The minimum atomic E-state index is 0.917. The molecule has 76 heavy (non-hydrogen) atoms. The fourth-order valence-corrected chi connectivity index (χ4v) is 6.78. The van der Waals surface area contributed by atoms with E-state index in [4.69, 9.17) is 0 Å². The second-order valence-electron chi connectivity index (χ2n) is 15.9. The predicted octanol–water partition coefficient (Wildman–Crippen LogP) is 31.0. The van der Waals surface area contributed by atoms with Crippen LogP contribution in [0.2, 0.25) is 0 Å². The summed E-state index contributed by atoms with van der Waals surface area (Å²) in [6, 6.07) is 20.8. The zero-order chi connectivity index (χ0) is 63.5. The highest BCUT2D eigenvalue weighted by molar-refractivity contribution is 5.28. The van der Waals surface area contributed by atoms with E-state index in [2.05, 4.69) is 107 Å². The van der Waals surface area contributed by atoms with Crippen molar-refractivity contribution < 1.29 is 0 Å². The number of benzene rings is 2. The summed E-state index contributed by atoms with van der Waals surface area (Å²) >= 11 is 0. The summed E-state index contributed by atoms with van der Waals surface area (Å²) in [5, 5.41) is 0. The van der Waals surface area contributed by atoms with Crippen LogP contribution in [0.1, 0.15) is 402 Å². The standard InChI is InChI=1S/C10H18.C10H12.C8H18.C6H12.C6H6.4C3H8.12C2H6/c2*1-2-6-10-8-4-3-7-9(10)5-1;1-5-7(3)8(4)6-2;2*1-2-4-6-5-3-1;4*1-3-2;12*1-2/h9-10H,1-8H2;1-2,5-6H,3-4,7-8H2;7-8H,5-6H2,1-4H3;1-6H2;1-6H;4*3H2,1-2H3;12*1-2H3. The van der Waals surface area contributed by atoms with Crippen molar-refractivity contribution in [3.8, 4) is 0 Å². The van der Waals surface area contributed by atoms with Gasteiger partial charge < -0.3 is 0 Å². The Hall–Kier alpha value is -1.56. The topological polar surface area (TPSA) is 0 Å². The summed E-state index contributed by atoms with van der Waals surface area (Å²) in [7, 11) is 0. The Morgan fingerprint density at radius 1 is 0.263 bits per heavy atom. The maximum Gasteiger partial charge on any atom is -0.0276 e. The molecule has 0 aromatic heterocycles. The summed E-state index contributed by atoms with van der Waals surface area (Å²) in [5.41, 5.74) is 3.16. The van der Waals surface area contributed by atoms with E-state index in [9.17, 15) is 0 Å². The molecule has 3 saturated carbocycles. The van der Waals surface area contributed by atoms with E-state index < -0.39 is 0 Å².